The van der Waals surface area contributed by atoms with Crippen LogP contribution in [0.5, 0.6) is 0 Å². The van der Waals surface area contributed by atoms with E-state index < -0.39 is 28.4 Å². The zero-order valence-electron chi connectivity index (χ0n) is 16.3. The van der Waals surface area contributed by atoms with Crippen LogP contribution in [0.3, 0.4) is 0 Å². The van der Waals surface area contributed by atoms with E-state index in [0.717, 1.165) is 4.31 Å². The van der Waals surface area contributed by atoms with Crippen LogP contribution < -0.4 is 5.32 Å². The Balaban J connectivity index is 2.02. The van der Waals surface area contributed by atoms with Crippen molar-refractivity contribution in [1.29, 1.82) is 0 Å². The molecule has 9 heteroatoms. The highest BCUT2D eigenvalue weighted by molar-refractivity contribution is 7.89. The molecule has 0 aliphatic rings. The van der Waals surface area contributed by atoms with Crippen molar-refractivity contribution in [2.75, 3.05) is 26.0 Å². The van der Waals surface area contributed by atoms with Gasteiger partial charge in [0.05, 0.1) is 10.5 Å². The second-order valence-electron chi connectivity index (χ2n) is 6.29. The summed E-state index contributed by atoms with van der Waals surface area (Å²) in [7, 11) is -0.920. The molecule has 0 spiro atoms. The van der Waals surface area contributed by atoms with Gasteiger partial charge in [0.1, 0.15) is 0 Å². The predicted molar refractivity (Wildman–Crippen MR) is 107 cm³/mol. The Morgan fingerprint density at radius 2 is 1.66 bits per heavy atom. The molecular weight excluding hydrogens is 396 g/mol. The van der Waals surface area contributed by atoms with Gasteiger partial charge in [0, 0.05) is 31.8 Å². The Morgan fingerprint density at radius 3 is 2.24 bits per heavy atom. The van der Waals surface area contributed by atoms with Gasteiger partial charge in [0.15, 0.2) is 12.4 Å². The van der Waals surface area contributed by atoms with Crippen molar-refractivity contribution in [3.8, 4) is 0 Å². The van der Waals surface area contributed by atoms with E-state index in [-0.39, 0.29) is 16.4 Å². The molecule has 8 nitrogen and oxygen atoms in total. The number of carbonyl (C=O) groups is 3. The number of nitrogens with zero attached hydrogens (tertiary/aromatic N) is 1. The van der Waals surface area contributed by atoms with Gasteiger partial charge in [-0.05, 0) is 42.5 Å². The van der Waals surface area contributed by atoms with E-state index in [9.17, 15) is 22.8 Å². The molecule has 2 aromatic rings. The first-order valence-electron chi connectivity index (χ1n) is 8.78. The summed E-state index contributed by atoms with van der Waals surface area (Å²) in [5.41, 5.74) is 0.902. The van der Waals surface area contributed by atoms with Crippen LogP contribution >= 0.6 is 0 Å². The first kappa shape index (κ1) is 22.3. The molecule has 0 heterocycles. The number of esters is 1. The Hall–Kier alpha value is -3.04. The van der Waals surface area contributed by atoms with Crippen LogP contribution in [-0.4, -0.2) is 51.1 Å². The lowest BCUT2D eigenvalue weighted by atomic mass is 10.1. The van der Waals surface area contributed by atoms with E-state index in [1.54, 1.807) is 19.1 Å². The molecule has 0 aliphatic heterocycles. The maximum absolute atomic E-state index is 12.2. The molecule has 2 aromatic carbocycles. The van der Waals surface area contributed by atoms with Gasteiger partial charge >= 0.3 is 5.97 Å². The standard InChI is InChI=1S/C20H22N2O6S/c1-4-19(24)21-16-10-8-14(9-11-16)18(23)13-28-20(25)15-6-5-7-17(12-15)29(26,27)22(2)3/h5-12H,4,13H2,1-3H3,(H,21,24). The van der Waals surface area contributed by atoms with Gasteiger partial charge < -0.3 is 10.1 Å². The van der Waals surface area contributed by atoms with Crippen molar-refractivity contribution >= 4 is 33.4 Å². The lowest BCUT2D eigenvalue weighted by Crippen LogP contribution is -2.22. The van der Waals surface area contributed by atoms with Crippen molar-refractivity contribution in [3.63, 3.8) is 0 Å². The van der Waals surface area contributed by atoms with Crippen LogP contribution in [0.1, 0.15) is 34.1 Å². The van der Waals surface area contributed by atoms with Crippen LogP contribution in [0.4, 0.5) is 5.69 Å². The normalized spacial score (nSPS) is 11.2. The van der Waals surface area contributed by atoms with Crippen molar-refractivity contribution in [2.45, 2.75) is 18.2 Å². The minimum atomic E-state index is -3.69. The number of anilines is 1. The summed E-state index contributed by atoms with van der Waals surface area (Å²) < 4.78 is 30.4. The van der Waals surface area contributed by atoms with E-state index in [1.165, 1.54) is 50.5 Å². The number of amides is 1. The molecule has 0 aromatic heterocycles. The van der Waals surface area contributed by atoms with Gasteiger partial charge in [0.25, 0.3) is 0 Å². The number of hydrogen-bond acceptors (Lipinski definition) is 6. The Morgan fingerprint density at radius 1 is 1.00 bits per heavy atom. The molecule has 0 bridgehead atoms. The van der Waals surface area contributed by atoms with Crippen LogP contribution in [0.15, 0.2) is 53.4 Å². The van der Waals surface area contributed by atoms with Gasteiger partial charge in [-0.25, -0.2) is 17.5 Å². The minimum Gasteiger partial charge on any atom is -0.454 e. The van der Waals surface area contributed by atoms with Gasteiger partial charge in [-0.1, -0.05) is 13.0 Å². The molecular formula is C20H22N2O6S. The number of carbonyl (C=O) groups excluding carboxylic acids is 3. The molecule has 0 aliphatic carbocycles. The number of Topliss-reactive ketones (excluding diaryl/α,β-unsaturated/α-hetero) is 1. The lowest BCUT2D eigenvalue weighted by molar-refractivity contribution is -0.115. The molecule has 29 heavy (non-hydrogen) atoms. The van der Waals surface area contributed by atoms with E-state index in [0.29, 0.717) is 17.7 Å². The quantitative estimate of drug-likeness (QED) is 0.520. The minimum absolute atomic E-state index is 0.0263. The number of ketones is 1. The zero-order chi connectivity index (χ0) is 21.6. The number of rotatable bonds is 8. The highest BCUT2D eigenvalue weighted by Crippen LogP contribution is 2.16. The third-order valence-electron chi connectivity index (χ3n) is 3.99. The number of sulfonamides is 1. The van der Waals surface area contributed by atoms with Crippen molar-refractivity contribution in [2.24, 2.45) is 0 Å². The van der Waals surface area contributed by atoms with Crippen LogP contribution in [0.25, 0.3) is 0 Å². The summed E-state index contributed by atoms with van der Waals surface area (Å²) >= 11 is 0. The maximum atomic E-state index is 12.2. The smallest absolute Gasteiger partial charge is 0.338 e. The van der Waals surface area contributed by atoms with E-state index in [1.807, 2.05) is 0 Å². The second-order valence-corrected chi connectivity index (χ2v) is 8.45. The number of ether oxygens (including phenoxy) is 1. The third kappa shape index (κ3) is 5.72. The molecule has 0 atom stereocenters. The van der Waals surface area contributed by atoms with E-state index >= 15 is 0 Å². The Labute approximate surface area is 169 Å². The summed E-state index contributed by atoms with van der Waals surface area (Å²) in [4.78, 5) is 35.7. The fraction of sp³-hybridized carbons (Fsp3) is 0.250. The molecule has 1 amide bonds. The molecule has 0 unspecified atom stereocenters. The highest BCUT2D eigenvalue weighted by Gasteiger charge is 2.19. The predicted octanol–water partition coefficient (Wildman–Crippen LogP) is 2.33. The SMILES string of the molecule is CCC(=O)Nc1ccc(C(=O)COC(=O)c2cccc(S(=O)(=O)N(C)C)c2)cc1. The van der Waals surface area contributed by atoms with Crippen molar-refractivity contribution in [3.05, 3.63) is 59.7 Å². The number of benzene rings is 2. The molecule has 0 saturated heterocycles. The second kappa shape index (κ2) is 9.44. The van der Waals surface area contributed by atoms with Gasteiger partial charge in [0.2, 0.25) is 15.9 Å². The van der Waals surface area contributed by atoms with Gasteiger partial charge in [-0.2, -0.15) is 0 Å². The van der Waals surface area contributed by atoms with Crippen LogP contribution in [-0.2, 0) is 19.6 Å². The van der Waals surface area contributed by atoms with Crippen LogP contribution in [0.2, 0.25) is 0 Å². The van der Waals surface area contributed by atoms with E-state index in [2.05, 4.69) is 5.32 Å². The molecule has 0 radical (unpaired) electrons. The summed E-state index contributed by atoms with van der Waals surface area (Å²) in [6.45, 7) is 1.23. The average molecular weight is 418 g/mol. The van der Waals surface area contributed by atoms with E-state index in [4.69, 9.17) is 4.74 Å². The van der Waals surface area contributed by atoms with Crippen LogP contribution in [0, 0.1) is 0 Å². The molecule has 0 saturated carbocycles. The van der Waals surface area contributed by atoms with Crippen molar-refractivity contribution in [1.82, 2.24) is 4.31 Å². The summed E-state index contributed by atoms with van der Waals surface area (Å²) in [6.07, 6.45) is 0.341. The first-order valence-corrected chi connectivity index (χ1v) is 10.2. The molecule has 1 N–H and O–H groups in total. The largest absolute Gasteiger partial charge is 0.454 e. The molecule has 0 fully saturated rings. The fourth-order valence-electron chi connectivity index (χ4n) is 2.28. The fourth-order valence-corrected chi connectivity index (χ4v) is 3.23. The number of hydrogen-bond donors (Lipinski definition) is 1. The first-order chi connectivity index (χ1) is 13.6. The summed E-state index contributed by atoms with van der Waals surface area (Å²) in [5.74, 6) is -1.37. The summed E-state index contributed by atoms with van der Waals surface area (Å²) in [6, 6.07) is 11.6. The molecule has 2 rings (SSSR count). The average Bonchev–Trinajstić information content (AvgIpc) is 2.72. The van der Waals surface area contributed by atoms with Gasteiger partial charge in [-0.15, -0.1) is 0 Å². The topological polar surface area (TPSA) is 110 Å². The maximum Gasteiger partial charge on any atom is 0.338 e. The number of nitrogens with one attached hydrogen (secondary N) is 1. The summed E-state index contributed by atoms with van der Waals surface area (Å²) in [5, 5.41) is 2.67. The highest BCUT2D eigenvalue weighted by atomic mass is 32.2. The monoisotopic (exact) mass is 418 g/mol. The molecule has 154 valence electrons. The third-order valence-corrected chi connectivity index (χ3v) is 5.81. The Kier molecular flexibility index (Phi) is 7.24. The van der Waals surface area contributed by atoms with Crippen molar-refractivity contribution < 1.29 is 27.5 Å². The van der Waals surface area contributed by atoms with Gasteiger partial charge in [-0.3, -0.25) is 9.59 Å². The lowest BCUT2D eigenvalue weighted by Gasteiger charge is -2.12. The zero-order valence-corrected chi connectivity index (χ0v) is 17.2. The Bertz CT molecular complexity index is 1010.